The first-order chi connectivity index (χ1) is 9.51. The zero-order chi connectivity index (χ0) is 14.8. The molecule has 0 amide bonds. The van der Waals surface area contributed by atoms with Crippen LogP contribution in [0.25, 0.3) is 12.2 Å². The lowest BCUT2D eigenvalue weighted by Crippen LogP contribution is -1.99. The summed E-state index contributed by atoms with van der Waals surface area (Å²) in [4.78, 5) is 0. The molecule has 0 aliphatic rings. The maximum Gasteiger partial charge on any atom is 0.409 e. The molecule has 0 aliphatic carbocycles. The lowest BCUT2D eigenvalue weighted by atomic mass is 10.2. The highest BCUT2D eigenvalue weighted by Gasteiger charge is 2.21. The van der Waals surface area contributed by atoms with Gasteiger partial charge in [-0.25, -0.2) is 0 Å². The molecular formula is C17H15F3. The molecule has 0 fully saturated rings. The van der Waals surface area contributed by atoms with Crippen LogP contribution in [-0.4, -0.2) is 6.18 Å². The number of halogens is 3. The molecule has 104 valence electrons. The lowest BCUT2D eigenvalue weighted by Gasteiger charge is -1.96. The minimum atomic E-state index is -4.23. The Bertz CT molecular complexity index is 525. The molecule has 0 saturated heterocycles. The van der Waals surface area contributed by atoms with Gasteiger partial charge in [-0.2, -0.15) is 13.2 Å². The average Bonchev–Trinajstić information content (AvgIpc) is 2.47. The van der Waals surface area contributed by atoms with Gasteiger partial charge in [0.1, 0.15) is 0 Å². The molecule has 0 spiro atoms. The maximum absolute atomic E-state index is 11.7. The van der Waals surface area contributed by atoms with E-state index in [1.165, 1.54) is 5.56 Å². The second-order valence-corrected chi connectivity index (χ2v) is 3.90. The normalized spacial score (nSPS) is 10.8. The Morgan fingerprint density at radius 3 is 1.55 bits per heavy atom. The molecule has 0 heterocycles. The van der Waals surface area contributed by atoms with Gasteiger partial charge in [-0.05, 0) is 11.1 Å². The molecule has 2 rings (SSSR count). The van der Waals surface area contributed by atoms with Gasteiger partial charge in [0, 0.05) is 6.08 Å². The Morgan fingerprint density at radius 2 is 1.20 bits per heavy atom. The Hall–Kier alpha value is -2.29. The monoisotopic (exact) mass is 276 g/mol. The van der Waals surface area contributed by atoms with Gasteiger partial charge >= 0.3 is 6.18 Å². The van der Waals surface area contributed by atoms with E-state index in [9.17, 15) is 13.2 Å². The molecular weight excluding hydrogens is 261 g/mol. The zero-order valence-electron chi connectivity index (χ0n) is 10.8. The van der Waals surface area contributed by atoms with Gasteiger partial charge in [-0.1, -0.05) is 79.4 Å². The SMILES string of the molecule is C=Cc1ccccc1.FC(F)(F)C=Cc1ccccc1. The van der Waals surface area contributed by atoms with Crippen LogP contribution in [0.15, 0.2) is 73.3 Å². The first-order valence-electron chi connectivity index (χ1n) is 6.00. The highest BCUT2D eigenvalue weighted by molar-refractivity contribution is 5.49. The van der Waals surface area contributed by atoms with Gasteiger partial charge in [0.2, 0.25) is 0 Å². The van der Waals surface area contributed by atoms with Gasteiger partial charge < -0.3 is 0 Å². The van der Waals surface area contributed by atoms with E-state index < -0.39 is 6.18 Å². The molecule has 0 saturated carbocycles. The second-order valence-electron chi connectivity index (χ2n) is 3.90. The van der Waals surface area contributed by atoms with Crippen LogP contribution in [0.3, 0.4) is 0 Å². The summed E-state index contributed by atoms with van der Waals surface area (Å²) in [5.41, 5.74) is 1.72. The van der Waals surface area contributed by atoms with Crippen LogP contribution in [0.1, 0.15) is 11.1 Å². The molecule has 0 atom stereocenters. The summed E-state index contributed by atoms with van der Waals surface area (Å²) < 4.78 is 35.0. The molecule has 0 unspecified atom stereocenters. The van der Waals surface area contributed by atoms with Crippen molar-refractivity contribution >= 4 is 12.2 Å². The number of allylic oxidation sites excluding steroid dienone is 1. The fraction of sp³-hybridized carbons (Fsp3) is 0.0588. The van der Waals surface area contributed by atoms with Gasteiger partial charge in [0.25, 0.3) is 0 Å². The molecule has 2 aromatic carbocycles. The molecule has 3 heteroatoms. The van der Waals surface area contributed by atoms with Crippen molar-refractivity contribution in [2.24, 2.45) is 0 Å². The molecule has 0 aliphatic heterocycles. The largest absolute Gasteiger partial charge is 0.409 e. The van der Waals surface area contributed by atoms with Gasteiger partial charge in [-0.3, -0.25) is 0 Å². The van der Waals surface area contributed by atoms with Crippen LogP contribution >= 0.6 is 0 Å². The van der Waals surface area contributed by atoms with Crippen molar-refractivity contribution in [3.63, 3.8) is 0 Å². The third-order valence-electron chi connectivity index (χ3n) is 2.30. The Balaban J connectivity index is 0.000000217. The van der Waals surface area contributed by atoms with Crippen molar-refractivity contribution in [2.45, 2.75) is 6.18 Å². The van der Waals surface area contributed by atoms with E-state index in [4.69, 9.17) is 0 Å². The van der Waals surface area contributed by atoms with E-state index in [1.807, 2.05) is 36.4 Å². The number of alkyl halides is 3. The molecule has 20 heavy (non-hydrogen) atoms. The summed E-state index contributed by atoms with van der Waals surface area (Å²) in [6, 6.07) is 18.4. The van der Waals surface area contributed by atoms with Crippen molar-refractivity contribution in [1.29, 1.82) is 0 Å². The molecule has 2 aromatic rings. The highest BCUT2D eigenvalue weighted by Crippen LogP contribution is 2.17. The molecule has 0 N–H and O–H groups in total. The zero-order valence-corrected chi connectivity index (χ0v) is 10.8. The van der Waals surface area contributed by atoms with Crippen molar-refractivity contribution in [2.75, 3.05) is 0 Å². The van der Waals surface area contributed by atoms with Crippen LogP contribution in [-0.2, 0) is 0 Å². The van der Waals surface area contributed by atoms with E-state index in [0.29, 0.717) is 5.56 Å². The number of benzene rings is 2. The predicted octanol–water partition coefficient (Wildman–Crippen LogP) is 5.59. The summed E-state index contributed by atoms with van der Waals surface area (Å²) >= 11 is 0. The summed E-state index contributed by atoms with van der Waals surface area (Å²) in [6.45, 7) is 3.63. The van der Waals surface area contributed by atoms with E-state index in [1.54, 1.807) is 30.3 Å². The first kappa shape index (κ1) is 15.8. The van der Waals surface area contributed by atoms with Gasteiger partial charge in [-0.15, -0.1) is 0 Å². The van der Waals surface area contributed by atoms with E-state index in [-0.39, 0.29) is 6.08 Å². The highest BCUT2D eigenvalue weighted by atomic mass is 19.4. The minimum absolute atomic E-state index is 0.225. The second kappa shape index (κ2) is 8.00. The standard InChI is InChI=1S/C9H7F3.C8H8/c10-9(11,12)7-6-8-4-2-1-3-5-8;1-2-8-6-4-3-5-7-8/h1-7H;2-7H,1H2. The molecule has 0 bridgehead atoms. The number of rotatable bonds is 2. The predicted molar refractivity (Wildman–Crippen MR) is 78.1 cm³/mol. The van der Waals surface area contributed by atoms with Crippen molar-refractivity contribution < 1.29 is 13.2 Å². The third-order valence-corrected chi connectivity index (χ3v) is 2.30. The minimum Gasteiger partial charge on any atom is -0.167 e. The van der Waals surface area contributed by atoms with Crippen LogP contribution < -0.4 is 0 Å². The fourth-order valence-corrected chi connectivity index (χ4v) is 1.34. The van der Waals surface area contributed by atoms with Crippen LogP contribution in [0.2, 0.25) is 0 Å². The third kappa shape index (κ3) is 7.21. The summed E-state index contributed by atoms with van der Waals surface area (Å²) in [5, 5.41) is 0. The van der Waals surface area contributed by atoms with Gasteiger partial charge in [0.15, 0.2) is 0 Å². The van der Waals surface area contributed by atoms with Crippen LogP contribution in [0.4, 0.5) is 13.2 Å². The number of hydrogen-bond donors (Lipinski definition) is 0. The maximum atomic E-state index is 11.7. The van der Waals surface area contributed by atoms with Crippen molar-refractivity contribution in [3.8, 4) is 0 Å². The average molecular weight is 276 g/mol. The van der Waals surface area contributed by atoms with Crippen molar-refractivity contribution in [1.82, 2.24) is 0 Å². The Kier molecular flexibility index (Phi) is 6.30. The first-order valence-corrected chi connectivity index (χ1v) is 6.00. The summed E-state index contributed by atoms with van der Waals surface area (Å²) in [7, 11) is 0. The number of hydrogen-bond acceptors (Lipinski definition) is 0. The van der Waals surface area contributed by atoms with E-state index >= 15 is 0 Å². The smallest absolute Gasteiger partial charge is 0.167 e. The molecule has 0 aromatic heterocycles. The fourth-order valence-electron chi connectivity index (χ4n) is 1.34. The van der Waals surface area contributed by atoms with Gasteiger partial charge in [0.05, 0.1) is 0 Å². The van der Waals surface area contributed by atoms with Crippen molar-refractivity contribution in [3.05, 3.63) is 84.4 Å². The van der Waals surface area contributed by atoms with E-state index in [2.05, 4.69) is 6.58 Å². The summed E-state index contributed by atoms with van der Waals surface area (Å²) in [6.07, 6.45) is -1.13. The van der Waals surface area contributed by atoms with E-state index in [0.717, 1.165) is 6.08 Å². The van der Waals surface area contributed by atoms with Crippen LogP contribution in [0, 0.1) is 0 Å². The quantitative estimate of drug-likeness (QED) is 0.670. The Labute approximate surface area is 116 Å². The lowest BCUT2D eigenvalue weighted by molar-refractivity contribution is -0.0790. The Morgan fingerprint density at radius 1 is 0.750 bits per heavy atom. The topological polar surface area (TPSA) is 0 Å². The molecule has 0 radical (unpaired) electrons. The van der Waals surface area contributed by atoms with Crippen LogP contribution in [0.5, 0.6) is 0 Å². The summed E-state index contributed by atoms with van der Waals surface area (Å²) in [5.74, 6) is 0. The molecule has 0 nitrogen and oxygen atoms in total.